The van der Waals surface area contributed by atoms with Crippen LogP contribution in [0.3, 0.4) is 0 Å². The first-order chi connectivity index (χ1) is 11.2. The van der Waals surface area contributed by atoms with Crippen molar-refractivity contribution in [3.63, 3.8) is 0 Å². The molecule has 4 nitrogen and oxygen atoms in total. The van der Waals surface area contributed by atoms with Gasteiger partial charge in [0.1, 0.15) is 6.33 Å². The lowest BCUT2D eigenvalue weighted by molar-refractivity contribution is 0.0949. The molecule has 1 aliphatic rings. The molecular formula is C19H23N3O. The number of benzene rings is 1. The number of nitrogens with zero attached hydrogens (tertiary/aromatic N) is 2. The highest BCUT2D eigenvalue weighted by Crippen LogP contribution is 2.30. The van der Waals surface area contributed by atoms with E-state index in [4.69, 9.17) is 0 Å². The van der Waals surface area contributed by atoms with E-state index in [1.807, 2.05) is 24.3 Å². The van der Waals surface area contributed by atoms with Gasteiger partial charge >= 0.3 is 0 Å². The van der Waals surface area contributed by atoms with E-state index < -0.39 is 0 Å². The molecule has 2 aromatic rings. The predicted molar refractivity (Wildman–Crippen MR) is 91.3 cm³/mol. The normalized spacial score (nSPS) is 13.7. The van der Waals surface area contributed by atoms with Gasteiger partial charge in [-0.15, -0.1) is 0 Å². The molecule has 120 valence electrons. The largest absolute Gasteiger partial charge is 0.352 e. The summed E-state index contributed by atoms with van der Waals surface area (Å²) in [5.74, 6) is 0.399. The third-order valence-corrected chi connectivity index (χ3v) is 4.22. The fourth-order valence-corrected chi connectivity index (χ4v) is 3.03. The van der Waals surface area contributed by atoms with E-state index in [2.05, 4.69) is 29.1 Å². The third kappa shape index (κ3) is 3.41. The lowest BCUT2D eigenvalue weighted by Gasteiger charge is -2.19. The van der Waals surface area contributed by atoms with Gasteiger partial charge in [-0.25, -0.2) is 9.97 Å². The summed E-state index contributed by atoms with van der Waals surface area (Å²) in [6.07, 6.45) is 5.97. The molecule has 4 heteroatoms. The zero-order valence-electron chi connectivity index (χ0n) is 13.8. The minimum absolute atomic E-state index is 0.0301. The van der Waals surface area contributed by atoms with Gasteiger partial charge in [0.2, 0.25) is 0 Å². The first kappa shape index (κ1) is 15.7. The Labute approximate surface area is 137 Å². The van der Waals surface area contributed by atoms with Crippen molar-refractivity contribution in [1.29, 1.82) is 0 Å². The summed E-state index contributed by atoms with van der Waals surface area (Å²) in [4.78, 5) is 21.5. The third-order valence-electron chi connectivity index (χ3n) is 4.22. The highest BCUT2D eigenvalue weighted by atomic mass is 16.1. The number of nitrogens with one attached hydrogen (secondary N) is 1. The van der Waals surface area contributed by atoms with Crippen molar-refractivity contribution < 1.29 is 4.79 Å². The Balaban J connectivity index is 2.00. The Hall–Kier alpha value is -2.23. The van der Waals surface area contributed by atoms with E-state index in [1.54, 1.807) is 6.33 Å². The second-order valence-electron chi connectivity index (χ2n) is 6.50. The molecule has 1 aromatic carbocycles. The summed E-state index contributed by atoms with van der Waals surface area (Å²) in [6, 6.07) is 7.73. The highest BCUT2D eigenvalue weighted by molar-refractivity contribution is 6.00. The van der Waals surface area contributed by atoms with Gasteiger partial charge in [0, 0.05) is 28.9 Å². The fourth-order valence-electron chi connectivity index (χ4n) is 3.03. The number of hydrogen-bond donors (Lipinski definition) is 1. The summed E-state index contributed by atoms with van der Waals surface area (Å²) in [5, 5.41) is 3.01. The van der Waals surface area contributed by atoms with Crippen molar-refractivity contribution in [3.05, 3.63) is 47.4 Å². The van der Waals surface area contributed by atoms with Crippen LogP contribution in [0.2, 0.25) is 0 Å². The highest BCUT2D eigenvalue weighted by Gasteiger charge is 2.20. The van der Waals surface area contributed by atoms with Crippen LogP contribution in [0.1, 0.15) is 48.3 Å². The van der Waals surface area contributed by atoms with E-state index in [-0.39, 0.29) is 5.91 Å². The molecule has 0 saturated heterocycles. The summed E-state index contributed by atoms with van der Waals surface area (Å²) in [7, 11) is 0. The van der Waals surface area contributed by atoms with Crippen LogP contribution in [0, 0.1) is 5.92 Å². The number of hydrogen-bond acceptors (Lipinski definition) is 3. The molecule has 0 atom stereocenters. The first-order valence-electron chi connectivity index (χ1n) is 8.37. The molecule has 23 heavy (non-hydrogen) atoms. The Morgan fingerprint density at radius 2 is 1.96 bits per heavy atom. The molecule has 1 heterocycles. The van der Waals surface area contributed by atoms with Crippen LogP contribution in [0.25, 0.3) is 11.3 Å². The van der Waals surface area contributed by atoms with Crippen LogP contribution in [0.5, 0.6) is 0 Å². The number of carbonyl (C=O) groups is 1. The number of rotatable bonds is 4. The maximum absolute atomic E-state index is 12.6. The number of fused-ring (bicyclic) bond motifs is 1. The molecule has 1 aliphatic carbocycles. The zero-order valence-corrected chi connectivity index (χ0v) is 13.8. The monoisotopic (exact) mass is 309 g/mol. The Bertz CT molecular complexity index is 710. The molecule has 1 aromatic heterocycles. The van der Waals surface area contributed by atoms with E-state index in [0.29, 0.717) is 18.0 Å². The average molecular weight is 309 g/mol. The summed E-state index contributed by atoms with van der Waals surface area (Å²) in [5.41, 5.74) is 4.88. The van der Waals surface area contributed by atoms with Crippen molar-refractivity contribution >= 4 is 5.91 Å². The molecular weight excluding hydrogens is 286 g/mol. The van der Waals surface area contributed by atoms with Gasteiger partial charge in [0.15, 0.2) is 0 Å². The van der Waals surface area contributed by atoms with Crippen molar-refractivity contribution in [3.8, 4) is 11.3 Å². The second-order valence-corrected chi connectivity index (χ2v) is 6.50. The van der Waals surface area contributed by atoms with Gasteiger partial charge < -0.3 is 5.32 Å². The Kier molecular flexibility index (Phi) is 4.70. The molecule has 1 N–H and O–H groups in total. The molecule has 3 rings (SSSR count). The van der Waals surface area contributed by atoms with Crippen molar-refractivity contribution in [2.45, 2.75) is 39.5 Å². The minimum atomic E-state index is -0.0301. The molecule has 0 fully saturated rings. The van der Waals surface area contributed by atoms with Crippen LogP contribution in [0.15, 0.2) is 30.6 Å². The molecule has 0 bridgehead atoms. The molecule has 0 spiro atoms. The van der Waals surface area contributed by atoms with E-state index in [0.717, 1.165) is 36.2 Å². The number of amides is 1. The smallest absolute Gasteiger partial charge is 0.251 e. The summed E-state index contributed by atoms with van der Waals surface area (Å²) < 4.78 is 0. The number of aryl methyl sites for hydroxylation is 1. The van der Waals surface area contributed by atoms with E-state index >= 15 is 0 Å². The van der Waals surface area contributed by atoms with Gasteiger partial charge in [0.25, 0.3) is 5.91 Å². The second kappa shape index (κ2) is 6.90. The topological polar surface area (TPSA) is 54.9 Å². The van der Waals surface area contributed by atoms with Crippen LogP contribution in [0.4, 0.5) is 0 Å². The van der Waals surface area contributed by atoms with E-state index in [9.17, 15) is 4.79 Å². The van der Waals surface area contributed by atoms with Crippen LogP contribution in [-0.4, -0.2) is 22.4 Å². The van der Waals surface area contributed by atoms with Crippen molar-refractivity contribution in [2.24, 2.45) is 5.92 Å². The SMILES string of the molecule is CC(C)CNC(=O)c1ccccc1-c1ncnc2c1CCCC2. The van der Waals surface area contributed by atoms with Crippen molar-refractivity contribution in [2.75, 3.05) is 6.54 Å². The predicted octanol–water partition coefficient (Wildman–Crippen LogP) is 3.41. The molecule has 0 radical (unpaired) electrons. The zero-order chi connectivity index (χ0) is 16.2. The summed E-state index contributed by atoms with van der Waals surface area (Å²) >= 11 is 0. The van der Waals surface area contributed by atoms with Gasteiger partial charge in [-0.1, -0.05) is 32.0 Å². The molecule has 1 amide bonds. The number of carbonyl (C=O) groups excluding carboxylic acids is 1. The molecule has 0 saturated carbocycles. The Morgan fingerprint density at radius 1 is 1.17 bits per heavy atom. The van der Waals surface area contributed by atoms with Crippen LogP contribution >= 0.6 is 0 Å². The maximum atomic E-state index is 12.6. The van der Waals surface area contributed by atoms with Crippen LogP contribution < -0.4 is 5.32 Å². The molecule has 0 aliphatic heterocycles. The van der Waals surface area contributed by atoms with E-state index in [1.165, 1.54) is 12.0 Å². The van der Waals surface area contributed by atoms with Gasteiger partial charge in [-0.2, -0.15) is 0 Å². The van der Waals surface area contributed by atoms with Crippen molar-refractivity contribution in [1.82, 2.24) is 15.3 Å². The minimum Gasteiger partial charge on any atom is -0.352 e. The first-order valence-corrected chi connectivity index (χ1v) is 8.37. The lowest BCUT2D eigenvalue weighted by atomic mass is 9.91. The number of aromatic nitrogens is 2. The standard InChI is InChI=1S/C19H23N3O/c1-13(2)11-20-19(23)15-8-4-3-7-14(15)18-16-9-5-6-10-17(16)21-12-22-18/h3-4,7-8,12-13H,5-6,9-11H2,1-2H3,(H,20,23). The Morgan fingerprint density at radius 3 is 2.78 bits per heavy atom. The fraction of sp³-hybridized carbons (Fsp3) is 0.421. The summed E-state index contributed by atoms with van der Waals surface area (Å²) in [6.45, 7) is 4.86. The van der Waals surface area contributed by atoms with Gasteiger partial charge in [-0.05, 0) is 37.7 Å². The average Bonchev–Trinajstić information content (AvgIpc) is 2.59. The lowest BCUT2D eigenvalue weighted by Crippen LogP contribution is -2.27. The molecule has 0 unspecified atom stereocenters. The van der Waals surface area contributed by atoms with Gasteiger partial charge in [0.05, 0.1) is 5.69 Å². The maximum Gasteiger partial charge on any atom is 0.251 e. The quantitative estimate of drug-likeness (QED) is 0.941. The van der Waals surface area contributed by atoms with Gasteiger partial charge in [-0.3, -0.25) is 4.79 Å². The van der Waals surface area contributed by atoms with Crippen LogP contribution in [-0.2, 0) is 12.8 Å².